The van der Waals surface area contributed by atoms with E-state index in [1.165, 1.54) is 12.1 Å². The summed E-state index contributed by atoms with van der Waals surface area (Å²) in [5.41, 5.74) is 0.926. The van der Waals surface area contributed by atoms with Gasteiger partial charge in [-0.1, -0.05) is 17.7 Å². The van der Waals surface area contributed by atoms with E-state index in [-0.39, 0.29) is 24.0 Å². The van der Waals surface area contributed by atoms with Gasteiger partial charge in [0.2, 0.25) is 5.96 Å². The van der Waals surface area contributed by atoms with Crippen molar-refractivity contribution < 1.29 is 23.4 Å². The number of benzene rings is 1. The molecule has 9 nitrogen and oxygen atoms in total. The van der Waals surface area contributed by atoms with Crippen molar-refractivity contribution in [3.05, 3.63) is 29.8 Å². The highest BCUT2D eigenvalue weighted by Gasteiger charge is 2.15. The molecular formula is C14H22N4O5S. The van der Waals surface area contributed by atoms with Gasteiger partial charge in [0.15, 0.2) is 0 Å². The molecule has 0 bridgehead atoms. The average molecular weight is 358 g/mol. The zero-order chi connectivity index (χ0) is 18.2. The third kappa shape index (κ3) is 6.84. The molecule has 1 aromatic carbocycles. The molecule has 0 aliphatic carbocycles. The van der Waals surface area contributed by atoms with Crippen LogP contribution in [0.15, 0.2) is 29.2 Å². The number of aliphatic hydroxyl groups is 1. The van der Waals surface area contributed by atoms with E-state index in [4.69, 9.17) is 15.6 Å². The maximum Gasteiger partial charge on any atom is 0.404 e. The van der Waals surface area contributed by atoms with Crippen LogP contribution in [0.3, 0.4) is 0 Å². The lowest BCUT2D eigenvalue weighted by atomic mass is 10.1. The number of aryl methyl sites for hydroxylation is 1. The fourth-order valence-corrected chi connectivity index (χ4v) is 2.85. The molecule has 134 valence electrons. The molecule has 10 heteroatoms. The van der Waals surface area contributed by atoms with E-state index in [0.29, 0.717) is 12.8 Å². The average Bonchev–Trinajstić information content (AvgIpc) is 2.49. The van der Waals surface area contributed by atoms with E-state index in [9.17, 15) is 13.2 Å². The van der Waals surface area contributed by atoms with Crippen molar-refractivity contribution in [2.24, 2.45) is 0 Å². The molecule has 0 spiro atoms. The fraction of sp³-hybridized carbons (Fsp3) is 0.429. The molecule has 1 aromatic rings. The first-order valence-corrected chi connectivity index (χ1v) is 8.75. The van der Waals surface area contributed by atoms with Crippen molar-refractivity contribution in [3.8, 4) is 0 Å². The molecule has 1 amide bonds. The summed E-state index contributed by atoms with van der Waals surface area (Å²) in [6, 6.07) is 5.64. The standard InChI is InChI=1S/C14H22N4O5S/c1-10-4-6-12(7-5-10)24(22,23)18-13(15)16-8-2-3-11(9-19)17-14(20)21/h4-7,11,17,19H,2-3,8-9H2,1H3,(H,20,21)(H3,15,16,18)/t11-/m0/s1. The monoisotopic (exact) mass is 358 g/mol. The van der Waals surface area contributed by atoms with Crippen LogP contribution >= 0.6 is 0 Å². The number of rotatable bonds is 8. The topological polar surface area (TPSA) is 152 Å². The number of nitrogens with one attached hydrogen (secondary N) is 4. The lowest BCUT2D eigenvalue weighted by molar-refractivity contribution is 0.175. The number of guanidine groups is 1. The maximum absolute atomic E-state index is 12.1. The Labute approximate surface area is 140 Å². The smallest absolute Gasteiger partial charge is 0.404 e. The number of carboxylic acid groups (broad SMARTS) is 1. The van der Waals surface area contributed by atoms with Crippen molar-refractivity contribution >= 4 is 22.1 Å². The first kappa shape index (κ1) is 19.7. The van der Waals surface area contributed by atoms with Crippen LogP contribution < -0.4 is 15.4 Å². The summed E-state index contributed by atoms with van der Waals surface area (Å²) in [5.74, 6) is -0.373. The van der Waals surface area contributed by atoms with Gasteiger partial charge in [-0.2, -0.15) is 0 Å². The number of aliphatic hydroxyl groups excluding tert-OH is 1. The third-order valence-electron chi connectivity index (χ3n) is 3.15. The Morgan fingerprint density at radius 1 is 1.29 bits per heavy atom. The number of carbonyl (C=O) groups is 1. The van der Waals surface area contributed by atoms with Crippen LogP contribution in [0.2, 0.25) is 0 Å². The highest BCUT2D eigenvalue weighted by molar-refractivity contribution is 7.90. The highest BCUT2D eigenvalue weighted by atomic mass is 32.2. The molecule has 0 saturated heterocycles. The summed E-state index contributed by atoms with van der Waals surface area (Å²) < 4.78 is 26.2. The van der Waals surface area contributed by atoms with Crippen molar-refractivity contribution in [1.82, 2.24) is 15.4 Å². The van der Waals surface area contributed by atoms with E-state index in [1.807, 2.05) is 6.92 Å². The molecule has 24 heavy (non-hydrogen) atoms. The maximum atomic E-state index is 12.1. The van der Waals surface area contributed by atoms with Gasteiger partial charge in [0.25, 0.3) is 10.0 Å². The van der Waals surface area contributed by atoms with E-state index in [2.05, 4.69) is 15.4 Å². The minimum atomic E-state index is -3.82. The van der Waals surface area contributed by atoms with E-state index in [0.717, 1.165) is 5.56 Å². The minimum absolute atomic E-state index is 0.0608. The molecule has 1 atom stereocenters. The minimum Gasteiger partial charge on any atom is -0.465 e. The second kappa shape index (κ2) is 9.08. The van der Waals surface area contributed by atoms with Crippen molar-refractivity contribution in [1.29, 1.82) is 5.41 Å². The molecule has 0 unspecified atom stereocenters. The summed E-state index contributed by atoms with van der Waals surface area (Å²) in [4.78, 5) is 10.5. The fourth-order valence-electron chi connectivity index (χ4n) is 1.89. The van der Waals surface area contributed by atoms with Crippen LogP contribution in [-0.2, 0) is 10.0 Å². The van der Waals surface area contributed by atoms with Crippen molar-refractivity contribution in [3.63, 3.8) is 0 Å². The summed E-state index contributed by atoms with van der Waals surface area (Å²) in [6.07, 6.45) is -0.422. The van der Waals surface area contributed by atoms with Crippen LogP contribution in [0.1, 0.15) is 18.4 Å². The van der Waals surface area contributed by atoms with E-state index >= 15 is 0 Å². The number of hydrogen-bond donors (Lipinski definition) is 6. The molecule has 0 aliphatic rings. The molecule has 0 saturated carbocycles. The Morgan fingerprint density at radius 3 is 2.46 bits per heavy atom. The normalized spacial score (nSPS) is 12.2. The van der Waals surface area contributed by atoms with Crippen LogP contribution in [0.4, 0.5) is 4.79 Å². The molecule has 6 N–H and O–H groups in total. The predicted molar refractivity (Wildman–Crippen MR) is 88.5 cm³/mol. The molecular weight excluding hydrogens is 336 g/mol. The quantitative estimate of drug-likeness (QED) is 0.222. The van der Waals surface area contributed by atoms with Gasteiger partial charge in [-0.25, -0.2) is 17.9 Å². The Morgan fingerprint density at radius 2 is 1.92 bits per heavy atom. The Balaban J connectivity index is 2.40. The summed E-state index contributed by atoms with van der Waals surface area (Å²) in [6.45, 7) is 1.77. The zero-order valence-electron chi connectivity index (χ0n) is 13.2. The van der Waals surface area contributed by atoms with Gasteiger partial charge in [-0.05, 0) is 31.9 Å². The van der Waals surface area contributed by atoms with Gasteiger partial charge < -0.3 is 20.8 Å². The lowest BCUT2D eigenvalue weighted by Crippen LogP contribution is -2.41. The molecule has 1 rings (SSSR count). The van der Waals surface area contributed by atoms with Gasteiger partial charge in [-0.15, -0.1) is 0 Å². The first-order valence-electron chi connectivity index (χ1n) is 7.27. The van der Waals surface area contributed by atoms with Crippen LogP contribution in [0.25, 0.3) is 0 Å². The Bertz CT molecular complexity index is 660. The van der Waals surface area contributed by atoms with Crippen LogP contribution in [0.5, 0.6) is 0 Å². The summed E-state index contributed by atoms with van der Waals surface area (Å²) in [7, 11) is -3.82. The Hall–Kier alpha value is -2.33. The second-order valence-electron chi connectivity index (χ2n) is 5.19. The molecule has 0 radical (unpaired) electrons. The third-order valence-corrected chi connectivity index (χ3v) is 4.51. The van der Waals surface area contributed by atoms with Crippen molar-refractivity contribution in [2.75, 3.05) is 13.2 Å². The van der Waals surface area contributed by atoms with E-state index < -0.39 is 22.2 Å². The zero-order valence-corrected chi connectivity index (χ0v) is 14.1. The van der Waals surface area contributed by atoms with Gasteiger partial charge in [0.05, 0.1) is 17.5 Å². The highest BCUT2D eigenvalue weighted by Crippen LogP contribution is 2.09. The molecule has 0 heterocycles. The van der Waals surface area contributed by atoms with Gasteiger partial charge >= 0.3 is 6.09 Å². The molecule has 0 aliphatic heterocycles. The lowest BCUT2D eigenvalue weighted by Gasteiger charge is -2.15. The van der Waals surface area contributed by atoms with E-state index in [1.54, 1.807) is 12.1 Å². The van der Waals surface area contributed by atoms with Crippen LogP contribution in [-0.4, -0.2) is 49.9 Å². The number of hydrogen-bond acceptors (Lipinski definition) is 5. The van der Waals surface area contributed by atoms with Crippen LogP contribution in [0, 0.1) is 12.3 Å². The SMILES string of the molecule is Cc1ccc(S(=O)(=O)NC(=N)NCCC[C@@H](CO)NC(=O)O)cc1. The van der Waals surface area contributed by atoms with Gasteiger partial charge in [-0.3, -0.25) is 5.41 Å². The molecule has 0 aromatic heterocycles. The van der Waals surface area contributed by atoms with Crippen molar-refractivity contribution in [2.45, 2.75) is 30.7 Å². The number of amides is 1. The van der Waals surface area contributed by atoms with Gasteiger partial charge in [0.1, 0.15) is 0 Å². The second-order valence-corrected chi connectivity index (χ2v) is 6.87. The Kier molecular flexibility index (Phi) is 7.46. The largest absolute Gasteiger partial charge is 0.465 e. The first-order chi connectivity index (χ1) is 11.2. The summed E-state index contributed by atoms with van der Waals surface area (Å²) >= 11 is 0. The number of sulfonamides is 1. The predicted octanol–water partition coefficient (Wildman–Crippen LogP) is 0.206. The van der Waals surface area contributed by atoms with Gasteiger partial charge in [0, 0.05) is 6.54 Å². The summed E-state index contributed by atoms with van der Waals surface area (Å²) in [5, 5.41) is 29.9. The molecule has 0 fully saturated rings.